The topological polar surface area (TPSA) is 53.3 Å². The molecule has 1 atom stereocenters. The van der Waals surface area contributed by atoms with E-state index in [1.54, 1.807) is 11.9 Å². The average molecular weight is 252 g/mol. The van der Waals surface area contributed by atoms with Crippen LogP contribution in [-0.2, 0) is 9.53 Å². The Morgan fingerprint density at radius 2 is 1.89 bits per heavy atom. The fourth-order valence-electron chi connectivity index (χ4n) is 2.19. The van der Waals surface area contributed by atoms with Gasteiger partial charge < -0.3 is 9.64 Å². The van der Waals surface area contributed by atoms with E-state index in [1.165, 1.54) is 0 Å². The molecule has 1 unspecified atom stereocenters. The molecule has 0 aromatic rings. The van der Waals surface area contributed by atoms with Crippen molar-refractivity contribution in [3.8, 4) is 6.07 Å². The zero-order chi connectivity index (χ0) is 14.0. The normalized spacial score (nSPS) is 20.9. The number of amides is 1. The molecule has 0 N–H and O–H groups in total. The van der Waals surface area contributed by atoms with Crippen molar-refractivity contribution in [2.75, 3.05) is 20.3 Å². The molecule has 0 saturated carbocycles. The molecule has 4 heteroatoms. The zero-order valence-corrected chi connectivity index (χ0v) is 12.1. The minimum absolute atomic E-state index is 0.00617. The van der Waals surface area contributed by atoms with Crippen LogP contribution in [0.25, 0.3) is 0 Å². The molecule has 1 rings (SSSR count). The van der Waals surface area contributed by atoms with Crippen LogP contribution in [0.3, 0.4) is 0 Å². The molecule has 1 saturated heterocycles. The first kappa shape index (κ1) is 15.0. The third-order valence-electron chi connectivity index (χ3n) is 4.12. The van der Waals surface area contributed by atoms with Crippen molar-refractivity contribution < 1.29 is 9.53 Å². The van der Waals surface area contributed by atoms with E-state index in [-0.39, 0.29) is 17.4 Å². The van der Waals surface area contributed by atoms with Gasteiger partial charge in [0.15, 0.2) is 0 Å². The molecule has 102 valence electrons. The molecular formula is C14H24N2O2. The van der Waals surface area contributed by atoms with Crippen molar-refractivity contribution in [1.82, 2.24) is 4.90 Å². The first-order valence-electron chi connectivity index (χ1n) is 6.51. The Hall–Kier alpha value is -1.08. The highest BCUT2D eigenvalue weighted by molar-refractivity contribution is 5.85. The molecule has 0 aromatic heterocycles. The van der Waals surface area contributed by atoms with Gasteiger partial charge in [0, 0.05) is 26.3 Å². The lowest BCUT2D eigenvalue weighted by Crippen LogP contribution is -2.51. The Bertz CT molecular complexity index is 346. The molecular weight excluding hydrogens is 228 g/mol. The van der Waals surface area contributed by atoms with Crippen LogP contribution in [0.4, 0.5) is 0 Å². The standard InChI is InChI=1S/C14H24N2O2/c1-11(13(2,3)4)16(5)12(17)14(10-15)6-8-18-9-7-14/h11H,6-9H2,1-5H3. The highest BCUT2D eigenvalue weighted by Crippen LogP contribution is 2.34. The lowest BCUT2D eigenvalue weighted by Gasteiger charge is -2.40. The van der Waals surface area contributed by atoms with Gasteiger partial charge in [-0.3, -0.25) is 4.79 Å². The first-order valence-corrected chi connectivity index (χ1v) is 6.51. The van der Waals surface area contributed by atoms with Crippen LogP contribution in [0.2, 0.25) is 0 Å². The van der Waals surface area contributed by atoms with Crippen LogP contribution in [-0.4, -0.2) is 37.1 Å². The van der Waals surface area contributed by atoms with E-state index in [1.807, 2.05) is 6.92 Å². The first-order chi connectivity index (χ1) is 8.24. The van der Waals surface area contributed by atoms with E-state index in [2.05, 4.69) is 26.8 Å². The molecule has 18 heavy (non-hydrogen) atoms. The van der Waals surface area contributed by atoms with Crippen molar-refractivity contribution in [3.05, 3.63) is 0 Å². The van der Waals surface area contributed by atoms with E-state index in [4.69, 9.17) is 4.74 Å². The maximum atomic E-state index is 12.6. The van der Waals surface area contributed by atoms with Gasteiger partial charge in [-0.1, -0.05) is 20.8 Å². The summed E-state index contributed by atoms with van der Waals surface area (Å²) in [6, 6.07) is 2.33. The summed E-state index contributed by atoms with van der Waals surface area (Å²) in [5, 5.41) is 9.39. The number of hydrogen-bond donors (Lipinski definition) is 0. The predicted molar refractivity (Wildman–Crippen MR) is 69.8 cm³/mol. The van der Waals surface area contributed by atoms with E-state index < -0.39 is 5.41 Å². The number of carbonyl (C=O) groups is 1. The second-order valence-corrected chi connectivity index (χ2v) is 6.26. The summed E-state index contributed by atoms with van der Waals surface area (Å²) in [6.45, 7) is 9.33. The monoisotopic (exact) mass is 252 g/mol. The summed E-state index contributed by atoms with van der Waals surface area (Å²) in [5.74, 6) is -0.0595. The van der Waals surface area contributed by atoms with E-state index in [0.29, 0.717) is 26.1 Å². The smallest absolute Gasteiger partial charge is 0.243 e. The molecule has 1 fully saturated rings. The van der Waals surface area contributed by atoms with E-state index >= 15 is 0 Å². The second-order valence-electron chi connectivity index (χ2n) is 6.26. The second kappa shape index (κ2) is 5.27. The molecule has 1 aliphatic rings. The summed E-state index contributed by atoms with van der Waals surface area (Å²) >= 11 is 0. The van der Waals surface area contributed by atoms with Crippen LogP contribution in [0, 0.1) is 22.2 Å². The summed E-state index contributed by atoms with van der Waals surface area (Å²) < 4.78 is 5.26. The molecule has 0 aromatic carbocycles. The highest BCUT2D eigenvalue weighted by Gasteiger charge is 2.44. The zero-order valence-electron chi connectivity index (χ0n) is 12.1. The number of ether oxygens (including phenoxy) is 1. The number of hydrogen-bond acceptors (Lipinski definition) is 3. The van der Waals surface area contributed by atoms with Crippen molar-refractivity contribution >= 4 is 5.91 Å². The van der Waals surface area contributed by atoms with Gasteiger partial charge in [0.1, 0.15) is 5.41 Å². The van der Waals surface area contributed by atoms with Crippen LogP contribution in [0.5, 0.6) is 0 Å². The maximum absolute atomic E-state index is 12.6. The molecule has 1 aliphatic heterocycles. The lowest BCUT2D eigenvalue weighted by atomic mass is 9.78. The third kappa shape index (κ3) is 2.84. The van der Waals surface area contributed by atoms with Crippen LogP contribution >= 0.6 is 0 Å². The molecule has 0 aliphatic carbocycles. The van der Waals surface area contributed by atoms with Gasteiger partial charge in [0.25, 0.3) is 0 Å². The van der Waals surface area contributed by atoms with Crippen LogP contribution < -0.4 is 0 Å². The molecule has 0 spiro atoms. The molecule has 0 bridgehead atoms. The molecule has 1 heterocycles. The van der Waals surface area contributed by atoms with Crippen molar-refractivity contribution in [3.63, 3.8) is 0 Å². The third-order valence-corrected chi connectivity index (χ3v) is 4.12. The van der Waals surface area contributed by atoms with E-state index in [0.717, 1.165) is 0 Å². The summed E-state index contributed by atoms with van der Waals surface area (Å²) in [4.78, 5) is 14.3. The fraction of sp³-hybridized carbons (Fsp3) is 0.857. The maximum Gasteiger partial charge on any atom is 0.243 e. The van der Waals surface area contributed by atoms with Crippen molar-refractivity contribution in [2.45, 2.75) is 46.6 Å². The van der Waals surface area contributed by atoms with Gasteiger partial charge in [-0.15, -0.1) is 0 Å². The summed E-state index contributed by atoms with van der Waals surface area (Å²) in [7, 11) is 1.80. The summed E-state index contributed by atoms with van der Waals surface area (Å²) in [5.41, 5.74) is -0.876. The quantitative estimate of drug-likeness (QED) is 0.757. The number of rotatable bonds is 2. The Balaban J connectivity index is 2.88. The van der Waals surface area contributed by atoms with E-state index in [9.17, 15) is 10.1 Å². The van der Waals surface area contributed by atoms with Gasteiger partial charge in [-0.2, -0.15) is 5.26 Å². The van der Waals surface area contributed by atoms with Crippen LogP contribution in [0.15, 0.2) is 0 Å². The Morgan fingerprint density at radius 3 is 2.28 bits per heavy atom. The number of nitrogens with zero attached hydrogens (tertiary/aromatic N) is 2. The molecule has 4 nitrogen and oxygen atoms in total. The van der Waals surface area contributed by atoms with Crippen molar-refractivity contribution in [1.29, 1.82) is 5.26 Å². The predicted octanol–water partition coefficient (Wildman–Crippen LogP) is 2.20. The number of nitriles is 1. The van der Waals surface area contributed by atoms with Gasteiger partial charge >= 0.3 is 0 Å². The van der Waals surface area contributed by atoms with Gasteiger partial charge in [0.2, 0.25) is 5.91 Å². The van der Waals surface area contributed by atoms with Gasteiger partial charge in [-0.05, 0) is 25.2 Å². The minimum atomic E-state index is -0.882. The minimum Gasteiger partial charge on any atom is -0.381 e. The molecule has 1 amide bonds. The Kier molecular flexibility index (Phi) is 4.39. The van der Waals surface area contributed by atoms with Crippen molar-refractivity contribution in [2.24, 2.45) is 10.8 Å². The number of carbonyl (C=O) groups excluding carboxylic acids is 1. The highest BCUT2D eigenvalue weighted by atomic mass is 16.5. The summed E-state index contributed by atoms with van der Waals surface area (Å²) in [6.07, 6.45) is 1.01. The fourth-order valence-corrected chi connectivity index (χ4v) is 2.19. The van der Waals surface area contributed by atoms with Gasteiger partial charge in [0.05, 0.1) is 6.07 Å². The average Bonchev–Trinajstić information content (AvgIpc) is 2.35. The SMILES string of the molecule is CC(N(C)C(=O)C1(C#N)CCOCC1)C(C)(C)C. The molecule has 0 radical (unpaired) electrons. The Morgan fingerprint density at radius 1 is 1.39 bits per heavy atom. The largest absolute Gasteiger partial charge is 0.381 e. The van der Waals surface area contributed by atoms with Gasteiger partial charge in [-0.25, -0.2) is 0 Å². The Labute approximate surface area is 110 Å². The van der Waals surface area contributed by atoms with Crippen LogP contribution in [0.1, 0.15) is 40.5 Å². The lowest BCUT2D eigenvalue weighted by molar-refractivity contribution is -0.146.